The topological polar surface area (TPSA) is 65.1 Å². The molecular formula is C23H33NO5S. The lowest BCUT2D eigenvalue weighted by molar-refractivity contribution is 0.0427. The van der Waals surface area contributed by atoms with Crippen LogP contribution in [0.5, 0.6) is 17.2 Å². The number of methoxy groups -OCH3 is 2. The molecule has 166 valence electrons. The van der Waals surface area contributed by atoms with Gasteiger partial charge in [0.25, 0.3) is 0 Å². The molecule has 0 fully saturated rings. The fourth-order valence-corrected chi connectivity index (χ4v) is 4.56. The summed E-state index contributed by atoms with van der Waals surface area (Å²) in [4.78, 5) is 2.49. The van der Waals surface area contributed by atoms with E-state index in [1.54, 1.807) is 38.5 Å². The molecule has 0 aliphatic carbocycles. The Morgan fingerprint density at radius 2 is 1.63 bits per heavy atom. The highest BCUT2D eigenvalue weighted by Gasteiger charge is 2.17. The van der Waals surface area contributed by atoms with Crippen LogP contribution >= 0.6 is 0 Å². The van der Waals surface area contributed by atoms with E-state index in [2.05, 4.69) is 11.8 Å². The Morgan fingerprint density at radius 1 is 0.967 bits per heavy atom. The first-order valence-corrected chi connectivity index (χ1v) is 11.9. The van der Waals surface area contributed by atoms with Gasteiger partial charge in [0.2, 0.25) is 0 Å². The zero-order valence-electron chi connectivity index (χ0n) is 18.6. The maximum atomic E-state index is 12.2. The van der Waals surface area contributed by atoms with E-state index >= 15 is 0 Å². The van der Waals surface area contributed by atoms with Crippen LogP contribution in [0.15, 0.2) is 47.4 Å². The number of sulfone groups is 1. The number of rotatable bonds is 12. The molecule has 0 heterocycles. The SMILES string of the molecule is CCCS(=O)(=O)c1ccc(OC(CC)N(C)CCc2ccc(OC)c(OC)c2)cc1. The molecule has 0 N–H and O–H groups in total. The highest BCUT2D eigenvalue weighted by Crippen LogP contribution is 2.28. The highest BCUT2D eigenvalue weighted by molar-refractivity contribution is 7.91. The predicted molar refractivity (Wildman–Crippen MR) is 119 cm³/mol. The smallest absolute Gasteiger partial charge is 0.178 e. The molecule has 1 atom stereocenters. The summed E-state index contributed by atoms with van der Waals surface area (Å²) in [7, 11) is 2.07. The van der Waals surface area contributed by atoms with Gasteiger partial charge in [-0.2, -0.15) is 0 Å². The van der Waals surface area contributed by atoms with Crippen molar-refractivity contribution in [1.29, 1.82) is 0 Å². The average molecular weight is 436 g/mol. The van der Waals surface area contributed by atoms with Crippen molar-refractivity contribution >= 4 is 9.84 Å². The molecular weight excluding hydrogens is 402 g/mol. The molecule has 0 saturated carbocycles. The lowest BCUT2D eigenvalue weighted by atomic mass is 10.1. The monoisotopic (exact) mass is 435 g/mol. The minimum atomic E-state index is -3.21. The molecule has 0 radical (unpaired) electrons. The Balaban J connectivity index is 1.99. The van der Waals surface area contributed by atoms with Crippen LogP contribution in [0, 0.1) is 0 Å². The largest absolute Gasteiger partial charge is 0.493 e. The van der Waals surface area contributed by atoms with E-state index in [9.17, 15) is 8.42 Å². The Kier molecular flexibility index (Phi) is 8.99. The van der Waals surface area contributed by atoms with Crippen molar-refractivity contribution in [3.05, 3.63) is 48.0 Å². The van der Waals surface area contributed by atoms with Gasteiger partial charge in [0, 0.05) is 6.54 Å². The van der Waals surface area contributed by atoms with E-state index < -0.39 is 9.84 Å². The van der Waals surface area contributed by atoms with Crippen LogP contribution in [0.2, 0.25) is 0 Å². The van der Waals surface area contributed by atoms with Crippen molar-refractivity contribution < 1.29 is 22.6 Å². The van der Waals surface area contributed by atoms with Gasteiger partial charge in [0.05, 0.1) is 24.9 Å². The van der Waals surface area contributed by atoms with Crippen molar-refractivity contribution in [2.75, 3.05) is 33.6 Å². The third-order valence-corrected chi connectivity index (χ3v) is 6.91. The van der Waals surface area contributed by atoms with Crippen molar-refractivity contribution in [2.24, 2.45) is 0 Å². The van der Waals surface area contributed by atoms with Crippen LogP contribution < -0.4 is 14.2 Å². The Hall–Kier alpha value is -2.25. The van der Waals surface area contributed by atoms with E-state index in [1.807, 2.05) is 32.2 Å². The summed E-state index contributed by atoms with van der Waals surface area (Å²) >= 11 is 0. The second-order valence-corrected chi connectivity index (χ2v) is 9.30. The maximum absolute atomic E-state index is 12.2. The quantitative estimate of drug-likeness (QED) is 0.466. The standard InChI is InChI=1S/C23H33NO5S/c1-6-16-30(25,26)20-11-9-19(10-12-20)29-23(7-2)24(3)15-14-18-8-13-21(27-4)22(17-18)28-5/h8-13,17,23H,6-7,14-16H2,1-5H3. The highest BCUT2D eigenvalue weighted by atomic mass is 32.2. The van der Waals surface area contributed by atoms with Gasteiger partial charge in [-0.15, -0.1) is 0 Å². The second-order valence-electron chi connectivity index (χ2n) is 7.19. The van der Waals surface area contributed by atoms with Gasteiger partial charge in [-0.3, -0.25) is 4.90 Å². The minimum Gasteiger partial charge on any atom is -0.493 e. The molecule has 0 spiro atoms. The van der Waals surface area contributed by atoms with Crippen LogP contribution in [-0.4, -0.2) is 53.1 Å². The van der Waals surface area contributed by atoms with Gasteiger partial charge < -0.3 is 14.2 Å². The van der Waals surface area contributed by atoms with E-state index in [1.165, 1.54) is 0 Å². The number of nitrogens with zero attached hydrogens (tertiary/aromatic N) is 1. The summed E-state index contributed by atoms with van der Waals surface area (Å²) in [5.41, 5.74) is 1.15. The van der Waals surface area contributed by atoms with E-state index in [-0.39, 0.29) is 12.0 Å². The summed E-state index contributed by atoms with van der Waals surface area (Å²) in [5, 5.41) is 0. The molecule has 0 aromatic heterocycles. The molecule has 0 aliphatic rings. The number of ether oxygens (including phenoxy) is 3. The predicted octanol–water partition coefficient (Wildman–Crippen LogP) is 4.18. The fraction of sp³-hybridized carbons (Fsp3) is 0.478. The summed E-state index contributed by atoms with van der Waals surface area (Å²) in [6.45, 7) is 4.73. The molecule has 2 rings (SSSR count). The van der Waals surface area contributed by atoms with Crippen molar-refractivity contribution in [1.82, 2.24) is 4.90 Å². The molecule has 2 aromatic rings. The van der Waals surface area contributed by atoms with Crippen molar-refractivity contribution in [3.8, 4) is 17.2 Å². The number of benzene rings is 2. The molecule has 2 aromatic carbocycles. The summed E-state index contributed by atoms with van der Waals surface area (Å²) in [6.07, 6.45) is 2.13. The number of hydrogen-bond acceptors (Lipinski definition) is 6. The van der Waals surface area contributed by atoms with Crippen LogP contribution in [-0.2, 0) is 16.3 Å². The lowest BCUT2D eigenvalue weighted by Crippen LogP contribution is -2.37. The van der Waals surface area contributed by atoms with Crippen molar-refractivity contribution in [2.45, 2.75) is 44.2 Å². The van der Waals surface area contributed by atoms with Crippen molar-refractivity contribution in [3.63, 3.8) is 0 Å². The second kappa shape index (κ2) is 11.2. The Morgan fingerprint density at radius 3 is 2.20 bits per heavy atom. The summed E-state index contributed by atoms with van der Waals surface area (Å²) in [6, 6.07) is 12.6. The molecule has 0 amide bonds. The summed E-state index contributed by atoms with van der Waals surface area (Å²) < 4.78 is 41.1. The van der Waals surface area contributed by atoms with Gasteiger partial charge in [-0.1, -0.05) is 19.9 Å². The zero-order chi connectivity index (χ0) is 22.1. The molecule has 6 nitrogen and oxygen atoms in total. The summed E-state index contributed by atoms with van der Waals surface area (Å²) in [5.74, 6) is 2.26. The normalized spacial score (nSPS) is 12.6. The molecule has 1 unspecified atom stereocenters. The molecule has 7 heteroatoms. The van der Waals surface area contributed by atoms with Gasteiger partial charge >= 0.3 is 0 Å². The Labute approximate surface area is 180 Å². The molecule has 0 bridgehead atoms. The van der Waals surface area contributed by atoms with Gasteiger partial charge in [0.15, 0.2) is 27.6 Å². The molecule has 0 saturated heterocycles. The van der Waals surface area contributed by atoms with Gasteiger partial charge in [-0.25, -0.2) is 8.42 Å². The van der Waals surface area contributed by atoms with E-state index in [0.29, 0.717) is 22.8 Å². The molecule has 0 aliphatic heterocycles. The van der Waals surface area contributed by atoms with E-state index in [4.69, 9.17) is 14.2 Å². The fourth-order valence-electron chi connectivity index (χ4n) is 3.24. The van der Waals surface area contributed by atoms with Crippen LogP contribution in [0.3, 0.4) is 0 Å². The maximum Gasteiger partial charge on any atom is 0.178 e. The lowest BCUT2D eigenvalue weighted by Gasteiger charge is -2.28. The average Bonchev–Trinajstić information content (AvgIpc) is 2.75. The first kappa shape index (κ1) is 24.0. The first-order valence-electron chi connectivity index (χ1n) is 10.2. The van der Waals surface area contributed by atoms with Crippen LogP contribution in [0.25, 0.3) is 0 Å². The number of hydrogen-bond donors (Lipinski definition) is 0. The zero-order valence-corrected chi connectivity index (χ0v) is 19.4. The third-order valence-electron chi connectivity index (χ3n) is 4.97. The molecule has 30 heavy (non-hydrogen) atoms. The van der Waals surface area contributed by atoms with Gasteiger partial charge in [-0.05, 0) is 68.3 Å². The first-order chi connectivity index (χ1) is 14.3. The Bertz CT molecular complexity index is 896. The minimum absolute atomic E-state index is 0.108. The number of likely N-dealkylation sites (N-methyl/N-ethyl adjacent to an activating group) is 1. The van der Waals surface area contributed by atoms with Crippen LogP contribution in [0.4, 0.5) is 0 Å². The van der Waals surface area contributed by atoms with E-state index in [0.717, 1.165) is 30.7 Å². The van der Waals surface area contributed by atoms with Gasteiger partial charge in [0.1, 0.15) is 5.75 Å². The van der Waals surface area contributed by atoms with Crippen LogP contribution in [0.1, 0.15) is 32.3 Å². The third kappa shape index (κ3) is 6.37.